The molecule has 1 aliphatic heterocycles. The fourth-order valence-electron chi connectivity index (χ4n) is 3.38. The second-order valence-electron chi connectivity index (χ2n) is 6.35. The number of halogens is 3. The third-order valence-corrected chi connectivity index (χ3v) is 4.59. The monoisotopic (exact) mass is 337 g/mol. The van der Waals surface area contributed by atoms with Crippen molar-refractivity contribution in [3.05, 3.63) is 0 Å². The lowest BCUT2D eigenvalue weighted by Crippen LogP contribution is -2.51. The van der Waals surface area contributed by atoms with Gasteiger partial charge in [0.15, 0.2) is 0 Å². The van der Waals surface area contributed by atoms with Crippen LogP contribution >= 0.6 is 0 Å². The lowest BCUT2D eigenvalue weighted by Gasteiger charge is -2.33. The van der Waals surface area contributed by atoms with E-state index in [4.69, 9.17) is 4.74 Å². The highest BCUT2D eigenvalue weighted by Gasteiger charge is 2.32. The Morgan fingerprint density at radius 3 is 2.57 bits per heavy atom. The summed E-state index contributed by atoms with van der Waals surface area (Å²) < 4.78 is 42.8. The summed E-state index contributed by atoms with van der Waals surface area (Å²) in [6, 6.07) is -0.191. The molecule has 0 bridgehead atoms. The van der Waals surface area contributed by atoms with E-state index in [-0.39, 0.29) is 24.7 Å². The van der Waals surface area contributed by atoms with Crippen molar-refractivity contribution >= 4 is 6.03 Å². The van der Waals surface area contributed by atoms with E-state index < -0.39 is 12.7 Å². The summed E-state index contributed by atoms with van der Waals surface area (Å²) in [5.74, 6) is 0. The number of amides is 2. The van der Waals surface area contributed by atoms with Gasteiger partial charge in [-0.2, -0.15) is 13.2 Å². The van der Waals surface area contributed by atoms with Crippen LogP contribution < -0.4 is 5.32 Å². The molecule has 134 valence electrons. The molecule has 2 atom stereocenters. The highest BCUT2D eigenvalue weighted by atomic mass is 19.4. The van der Waals surface area contributed by atoms with Gasteiger partial charge in [-0.15, -0.1) is 0 Å². The Morgan fingerprint density at radius 1 is 1.13 bits per heavy atom. The third-order valence-electron chi connectivity index (χ3n) is 4.59. The standard InChI is InChI=1S/C15H26F3N3O2/c1-23-13-6-3-2-5-12(13)19-14(22)21-8-4-7-20(9-10-21)11-15(16,17)18/h12-13H,2-11H2,1H3,(H,19,22)/t12-,13+/m0/s1. The van der Waals surface area contributed by atoms with Crippen molar-refractivity contribution < 1.29 is 22.7 Å². The van der Waals surface area contributed by atoms with Crippen LogP contribution in [-0.4, -0.2) is 74.0 Å². The number of nitrogens with zero attached hydrogens (tertiary/aromatic N) is 2. The molecule has 5 nitrogen and oxygen atoms in total. The van der Waals surface area contributed by atoms with Crippen molar-refractivity contribution in [2.45, 2.75) is 50.4 Å². The van der Waals surface area contributed by atoms with Gasteiger partial charge in [0, 0.05) is 33.3 Å². The Balaban J connectivity index is 1.83. The van der Waals surface area contributed by atoms with Gasteiger partial charge in [-0.1, -0.05) is 12.8 Å². The van der Waals surface area contributed by atoms with Crippen molar-refractivity contribution in [3.8, 4) is 0 Å². The second-order valence-corrected chi connectivity index (χ2v) is 6.35. The summed E-state index contributed by atoms with van der Waals surface area (Å²) in [5, 5.41) is 3.00. The molecule has 0 aromatic heterocycles. The van der Waals surface area contributed by atoms with Crippen molar-refractivity contribution in [2.75, 3.05) is 39.8 Å². The first-order valence-electron chi connectivity index (χ1n) is 8.26. The van der Waals surface area contributed by atoms with Crippen LogP contribution in [0.5, 0.6) is 0 Å². The number of hydrogen-bond acceptors (Lipinski definition) is 3. The first-order valence-corrected chi connectivity index (χ1v) is 8.26. The Labute approximate surface area is 135 Å². The largest absolute Gasteiger partial charge is 0.401 e. The molecule has 8 heteroatoms. The number of rotatable bonds is 3. The average Bonchev–Trinajstić information content (AvgIpc) is 2.71. The minimum Gasteiger partial charge on any atom is -0.379 e. The van der Waals surface area contributed by atoms with Crippen LogP contribution in [0.2, 0.25) is 0 Å². The molecule has 1 saturated heterocycles. The summed E-state index contributed by atoms with van der Waals surface area (Å²) in [4.78, 5) is 15.4. The number of hydrogen-bond donors (Lipinski definition) is 1. The van der Waals surface area contributed by atoms with Gasteiger partial charge in [0.05, 0.1) is 18.7 Å². The molecule has 2 rings (SSSR count). The predicted octanol–water partition coefficient (Wildman–Crippen LogP) is 2.22. The number of urea groups is 1. The van der Waals surface area contributed by atoms with E-state index in [0.717, 1.165) is 25.7 Å². The molecule has 1 aliphatic carbocycles. The van der Waals surface area contributed by atoms with Gasteiger partial charge in [0.1, 0.15) is 0 Å². The van der Waals surface area contributed by atoms with Crippen molar-refractivity contribution in [1.82, 2.24) is 15.1 Å². The summed E-state index contributed by atoms with van der Waals surface area (Å²) in [7, 11) is 1.65. The van der Waals surface area contributed by atoms with Crippen LogP contribution in [0.1, 0.15) is 32.1 Å². The lowest BCUT2D eigenvalue weighted by atomic mass is 9.92. The number of carbonyl (C=O) groups excluding carboxylic acids is 1. The highest BCUT2D eigenvalue weighted by molar-refractivity contribution is 5.74. The van der Waals surface area contributed by atoms with E-state index in [1.807, 2.05) is 0 Å². The van der Waals surface area contributed by atoms with E-state index in [9.17, 15) is 18.0 Å². The summed E-state index contributed by atoms with van der Waals surface area (Å²) in [6.07, 6.45) is 0.374. The van der Waals surface area contributed by atoms with Gasteiger partial charge in [-0.3, -0.25) is 4.90 Å². The molecule has 23 heavy (non-hydrogen) atoms. The maximum absolute atomic E-state index is 12.5. The van der Waals surface area contributed by atoms with Gasteiger partial charge in [-0.25, -0.2) is 4.79 Å². The lowest BCUT2D eigenvalue weighted by molar-refractivity contribution is -0.145. The van der Waals surface area contributed by atoms with Crippen LogP contribution in [0.4, 0.5) is 18.0 Å². The third kappa shape index (κ3) is 5.84. The topological polar surface area (TPSA) is 44.8 Å². The zero-order valence-electron chi connectivity index (χ0n) is 13.6. The number of ether oxygens (including phenoxy) is 1. The van der Waals surface area contributed by atoms with Crippen LogP contribution in [0, 0.1) is 0 Å². The molecule has 0 aromatic carbocycles. The molecule has 0 unspecified atom stereocenters. The molecule has 0 aromatic rings. The zero-order valence-corrected chi connectivity index (χ0v) is 13.6. The Bertz CT molecular complexity index is 393. The van der Waals surface area contributed by atoms with Crippen LogP contribution in [0.25, 0.3) is 0 Å². The maximum Gasteiger partial charge on any atom is 0.401 e. The fraction of sp³-hybridized carbons (Fsp3) is 0.933. The van der Waals surface area contributed by atoms with Crippen LogP contribution in [-0.2, 0) is 4.74 Å². The van der Waals surface area contributed by atoms with Crippen LogP contribution in [0.15, 0.2) is 0 Å². The minimum absolute atomic E-state index is 0.00391. The van der Waals surface area contributed by atoms with E-state index in [1.165, 1.54) is 4.90 Å². The van der Waals surface area contributed by atoms with Crippen molar-refractivity contribution in [1.29, 1.82) is 0 Å². The summed E-state index contributed by atoms with van der Waals surface area (Å²) >= 11 is 0. The molecular weight excluding hydrogens is 311 g/mol. The first-order chi connectivity index (χ1) is 10.9. The Morgan fingerprint density at radius 2 is 1.87 bits per heavy atom. The zero-order chi connectivity index (χ0) is 16.9. The Kier molecular flexibility index (Phi) is 6.52. The number of nitrogens with one attached hydrogen (secondary N) is 1. The van der Waals surface area contributed by atoms with E-state index in [2.05, 4.69) is 5.32 Å². The quantitative estimate of drug-likeness (QED) is 0.859. The van der Waals surface area contributed by atoms with Gasteiger partial charge < -0.3 is 15.0 Å². The SMILES string of the molecule is CO[C@@H]1CCCC[C@@H]1NC(=O)N1CCCN(CC(F)(F)F)CC1. The normalized spacial score (nSPS) is 27.6. The van der Waals surface area contributed by atoms with Crippen molar-refractivity contribution in [2.24, 2.45) is 0 Å². The molecule has 1 N–H and O–H groups in total. The fourth-order valence-corrected chi connectivity index (χ4v) is 3.38. The molecular formula is C15H26F3N3O2. The van der Waals surface area contributed by atoms with Gasteiger partial charge in [0.25, 0.3) is 0 Å². The highest BCUT2D eigenvalue weighted by Crippen LogP contribution is 2.21. The smallest absolute Gasteiger partial charge is 0.379 e. The van der Waals surface area contributed by atoms with E-state index in [0.29, 0.717) is 26.1 Å². The maximum atomic E-state index is 12.5. The van der Waals surface area contributed by atoms with Gasteiger partial charge in [0.2, 0.25) is 0 Å². The van der Waals surface area contributed by atoms with Gasteiger partial charge in [-0.05, 0) is 19.3 Å². The van der Waals surface area contributed by atoms with Crippen molar-refractivity contribution in [3.63, 3.8) is 0 Å². The molecule has 2 aliphatic rings. The molecule has 0 spiro atoms. The minimum atomic E-state index is -4.19. The first kappa shape index (κ1) is 18.3. The molecule has 0 radical (unpaired) electrons. The number of methoxy groups -OCH3 is 1. The molecule has 1 heterocycles. The Hall–Kier alpha value is -1.02. The number of alkyl halides is 3. The second kappa shape index (κ2) is 8.19. The van der Waals surface area contributed by atoms with Gasteiger partial charge >= 0.3 is 12.2 Å². The van der Waals surface area contributed by atoms with E-state index in [1.54, 1.807) is 12.0 Å². The average molecular weight is 337 g/mol. The summed E-state index contributed by atoms with van der Waals surface area (Å²) in [5.41, 5.74) is 0. The number of carbonyl (C=O) groups is 1. The van der Waals surface area contributed by atoms with E-state index >= 15 is 0 Å². The van der Waals surface area contributed by atoms with Crippen LogP contribution in [0.3, 0.4) is 0 Å². The summed E-state index contributed by atoms with van der Waals surface area (Å²) in [6.45, 7) is 0.534. The molecule has 1 saturated carbocycles. The molecule has 2 fully saturated rings. The molecule has 2 amide bonds. The predicted molar refractivity (Wildman–Crippen MR) is 80.3 cm³/mol.